The predicted octanol–water partition coefficient (Wildman–Crippen LogP) is 2.23. The summed E-state index contributed by atoms with van der Waals surface area (Å²) in [7, 11) is 0. The molecule has 1 N–H and O–H groups in total. The summed E-state index contributed by atoms with van der Waals surface area (Å²) in [5, 5.41) is 11.1. The highest BCUT2D eigenvalue weighted by molar-refractivity contribution is 6.46. The highest BCUT2D eigenvalue weighted by Gasteiger charge is 2.46. The van der Waals surface area contributed by atoms with Crippen LogP contribution in [0.3, 0.4) is 0 Å². The molecule has 1 amide bonds. The number of hydrogen-bond acceptors (Lipinski definition) is 7. The second-order valence-electron chi connectivity index (χ2n) is 7.66. The molecule has 1 aromatic carbocycles. The lowest BCUT2D eigenvalue weighted by Gasteiger charge is -2.30. The molecule has 1 atom stereocenters. The molecule has 32 heavy (non-hydrogen) atoms. The van der Waals surface area contributed by atoms with Crippen LogP contribution in [0.25, 0.3) is 5.76 Å². The predicted molar refractivity (Wildman–Crippen MR) is 118 cm³/mol. The van der Waals surface area contributed by atoms with Crippen LogP contribution in [0.15, 0.2) is 54.2 Å². The van der Waals surface area contributed by atoms with E-state index in [4.69, 9.17) is 9.47 Å². The van der Waals surface area contributed by atoms with Gasteiger partial charge in [-0.15, -0.1) is 0 Å². The molecule has 4 rings (SSSR count). The Morgan fingerprint density at radius 3 is 2.53 bits per heavy atom. The Morgan fingerprint density at radius 1 is 1.12 bits per heavy atom. The number of ketones is 1. The van der Waals surface area contributed by atoms with Crippen molar-refractivity contribution in [3.63, 3.8) is 0 Å². The lowest BCUT2D eigenvalue weighted by molar-refractivity contribution is -0.140. The number of pyridine rings is 1. The fourth-order valence-corrected chi connectivity index (χ4v) is 4.06. The summed E-state index contributed by atoms with van der Waals surface area (Å²) in [4.78, 5) is 34.1. The number of aliphatic hydroxyl groups is 1. The maximum Gasteiger partial charge on any atom is 0.295 e. The van der Waals surface area contributed by atoms with Crippen molar-refractivity contribution in [2.75, 3.05) is 46.0 Å². The second-order valence-corrected chi connectivity index (χ2v) is 7.66. The average Bonchev–Trinajstić information content (AvgIpc) is 3.09. The van der Waals surface area contributed by atoms with Crippen molar-refractivity contribution in [3.8, 4) is 5.75 Å². The lowest BCUT2D eigenvalue weighted by Crippen LogP contribution is -2.42. The third-order valence-corrected chi connectivity index (χ3v) is 5.71. The van der Waals surface area contributed by atoms with Crippen molar-refractivity contribution in [2.24, 2.45) is 0 Å². The number of Topliss-reactive ketones (excluding diaryl/α,β-unsaturated/α-hetero) is 1. The molecule has 2 aliphatic heterocycles. The number of carbonyl (C=O) groups excluding carboxylic acids is 2. The average molecular weight is 437 g/mol. The minimum atomic E-state index is -0.746. The monoisotopic (exact) mass is 437 g/mol. The minimum Gasteiger partial charge on any atom is -0.507 e. The standard InChI is InChI=1S/C24H27N3O5/c1-2-32-18-8-6-17(7-9-18)22(28)20-21(19-5-3-4-10-25-19)27(24(30)23(20)29)12-11-26-13-15-31-16-14-26/h3-10,21,28H,2,11-16H2,1H3/b22-20+. The zero-order valence-electron chi connectivity index (χ0n) is 18.1. The van der Waals surface area contributed by atoms with Gasteiger partial charge in [0, 0.05) is 37.9 Å². The van der Waals surface area contributed by atoms with Gasteiger partial charge in [0.15, 0.2) is 0 Å². The van der Waals surface area contributed by atoms with Crippen LogP contribution in [-0.4, -0.2) is 77.6 Å². The summed E-state index contributed by atoms with van der Waals surface area (Å²) in [6, 6.07) is 11.4. The first-order valence-corrected chi connectivity index (χ1v) is 10.8. The first-order chi connectivity index (χ1) is 15.6. The molecule has 2 fully saturated rings. The zero-order chi connectivity index (χ0) is 22.5. The molecule has 168 valence electrons. The van der Waals surface area contributed by atoms with Crippen molar-refractivity contribution in [3.05, 3.63) is 65.5 Å². The maximum absolute atomic E-state index is 13.0. The van der Waals surface area contributed by atoms with Gasteiger partial charge in [0.2, 0.25) is 0 Å². The SMILES string of the molecule is CCOc1ccc(/C(O)=C2\C(=O)C(=O)N(CCN3CCOCC3)C2c2ccccn2)cc1. The van der Waals surface area contributed by atoms with Crippen molar-refractivity contribution in [1.82, 2.24) is 14.8 Å². The van der Waals surface area contributed by atoms with Crippen LogP contribution in [0, 0.1) is 0 Å². The number of nitrogens with zero attached hydrogens (tertiary/aromatic N) is 3. The molecule has 1 aromatic heterocycles. The Balaban J connectivity index is 1.68. The van der Waals surface area contributed by atoms with E-state index in [1.807, 2.05) is 6.92 Å². The Morgan fingerprint density at radius 2 is 1.88 bits per heavy atom. The van der Waals surface area contributed by atoms with Gasteiger partial charge < -0.3 is 19.5 Å². The number of aromatic nitrogens is 1. The number of aliphatic hydroxyl groups excluding tert-OH is 1. The molecule has 2 aliphatic rings. The maximum atomic E-state index is 13.0. The van der Waals surface area contributed by atoms with Crippen LogP contribution >= 0.6 is 0 Å². The molecule has 1 unspecified atom stereocenters. The van der Waals surface area contributed by atoms with Crippen molar-refractivity contribution in [2.45, 2.75) is 13.0 Å². The smallest absolute Gasteiger partial charge is 0.295 e. The summed E-state index contributed by atoms with van der Waals surface area (Å²) < 4.78 is 10.8. The molecule has 0 bridgehead atoms. The lowest BCUT2D eigenvalue weighted by atomic mass is 9.98. The zero-order valence-corrected chi connectivity index (χ0v) is 18.1. The van der Waals surface area contributed by atoms with Gasteiger partial charge in [0.05, 0.1) is 31.1 Å². The highest BCUT2D eigenvalue weighted by Crippen LogP contribution is 2.38. The number of rotatable bonds is 7. The van der Waals surface area contributed by atoms with Gasteiger partial charge in [-0.25, -0.2) is 0 Å². The normalized spacial score (nSPS) is 21.2. The summed E-state index contributed by atoms with van der Waals surface area (Å²) in [5.41, 5.74) is 1.04. The molecule has 2 aromatic rings. The Labute approximate surface area is 187 Å². The number of amides is 1. The Bertz CT molecular complexity index is 984. The quantitative estimate of drug-likeness (QED) is 0.403. The molecule has 3 heterocycles. The third-order valence-electron chi connectivity index (χ3n) is 5.71. The van der Waals surface area contributed by atoms with E-state index in [0.29, 0.717) is 49.9 Å². The number of ether oxygens (including phenoxy) is 2. The van der Waals surface area contributed by atoms with E-state index in [1.54, 1.807) is 48.7 Å². The molecule has 0 spiro atoms. The Hall–Kier alpha value is -3.23. The highest BCUT2D eigenvalue weighted by atomic mass is 16.5. The fraction of sp³-hybridized carbons (Fsp3) is 0.375. The summed E-state index contributed by atoms with van der Waals surface area (Å²) in [6.45, 7) is 6.25. The molecule has 8 nitrogen and oxygen atoms in total. The van der Waals surface area contributed by atoms with E-state index in [0.717, 1.165) is 13.1 Å². The molecular formula is C24H27N3O5. The molecular weight excluding hydrogens is 410 g/mol. The fourth-order valence-electron chi connectivity index (χ4n) is 4.06. The minimum absolute atomic E-state index is 0.0554. The van der Waals surface area contributed by atoms with Gasteiger partial charge >= 0.3 is 0 Å². The van der Waals surface area contributed by atoms with Crippen LogP contribution in [0.1, 0.15) is 24.2 Å². The van der Waals surface area contributed by atoms with E-state index in [1.165, 1.54) is 4.90 Å². The van der Waals surface area contributed by atoms with Crippen LogP contribution in [0.2, 0.25) is 0 Å². The van der Waals surface area contributed by atoms with Gasteiger partial charge in [0.1, 0.15) is 17.6 Å². The summed E-state index contributed by atoms with van der Waals surface area (Å²) in [5.74, 6) is -0.873. The van der Waals surface area contributed by atoms with Gasteiger partial charge in [-0.1, -0.05) is 6.07 Å². The van der Waals surface area contributed by atoms with E-state index < -0.39 is 17.7 Å². The first-order valence-electron chi connectivity index (χ1n) is 10.8. The van der Waals surface area contributed by atoms with Gasteiger partial charge in [-0.05, 0) is 43.3 Å². The number of carbonyl (C=O) groups is 2. The number of hydrogen-bond donors (Lipinski definition) is 1. The van der Waals surface area contributed by atoms with E-state index in [9.17, 15) is 14.7 Å². The van der Waals surface area contributed by atoms with Gasteiger partial charge in [-0.3, -0.25) is 19.5 Å². The van der Waals surface area contributed by atoms with Crippen LogP contribution < -0.4 is 4.74 Å². The van der Waals surface area contributed by atoms with Crippen LogP contribution in [0.4, 0.5) is 0 Å². The molecule has 2 saturated heterocycles. The topological polar surface area (TPSA) is 92.2 Å². The third kappa shape index (κ3) is 4.51. The second kappa shape index (κ2) is 9.93. The molecule has 8 heteroatoms. The van der Waals surface area contributed by atoms with Crippen molar-refractivity contribution in [1.29, 1.82) is 0 Å². The molecule has 0 radical (unpaired) electrons. The van der Waals surface area contributed by atoms with Crippen molar-refractivity contribution >= 4 is 17.4 Å². The Kier molecular flexibility index (Phi) is 6.82. The summed E-state index contributed by atoms with van der Waals surface area (Å²) >= 11 is 0. The number of benzene rings is 1. The molecule has 0 saturated carbocycles. The van der Waals surface area contributed by atoms with Crippen LogP contribution in [0.5, 0.6) is 5.75 Å². The number of likely N-dealkylation sites (tertiary alicyclic amines) is 1. The summed E-state index contributed by atoms with van der Waals surface area (Å²) in [6.07, 6.45) is 1.62. The number of morpholine rings is 1. The van der Waals surface area contributed by atoms with E-state index in [2.05, 4.69) is 9.88 Å². The van der Waals surface area contributed by atoms with Crippen LogP contribution in [-0.2, 0) is 14.3 Å². The largest absolute Gasteiger partial charge is 0.507 e. The van der Waals surface area contributed by atoms with Gasteiger partial charge in [-0.2, -0.15) is 0 Å². The van der Waals surface area contributed by atoms with E-state index in [-0.39, 0.29) is 11.3 Å². The van der Waals surface area contributed by atoms with Gasteiger partial charge in [0.25, 0.3) is 11.7 Å². The first kappa shape index (κ1) is 22.0. The molecule has 0 aliphatic carbocycles. The van der Waals surface area contributed by atoms with E-state index >= 15 is 0 Å². The van der Waals surface area contributed by atoms with Crippen molar-refractivity contribution < 1.29 is 24.2 Å².